The molecule has 1 aromatic heterocycles. The van der Waals surface area contributed by atoms with Crippen molar-refractivity contribution in [2.45, 2.75) is 13.0 Å². The lowest BCUT2D eigenvalue weighted by atomic mass is 9.93. The van der Waals surface area contributed by atoms with Gasteiger partial charge in [0.25, 0.3) is 5.56 Å². The third kappa shape index (κ3) is 5.53. The average molecular weight is 683 g/mol. The Morgan fingerprint density at radius 2 is 1.76 bits per heavy atom. The molecule has 1 atom stereocenters. The Labute approximate surface area is 254 Å². The monoisotopic (exact) mass is 682 g/mol. The highest BCUT2D eigenvalue weighted by molar-refractivity contribution is 14.1. The molecule has 0 saturated carbocycles. The minimum atomic E-state index is -0.765. The number of halogens is 1. The molecule has 1 aliphatic heterocycles. The molecule has 0 aliphatic carbocycles. The summed E-state index contributed by atoms with van der Waals surface area (Å²) in [6, 6.07) is 19.7. The van der Waals surface area contributed by atoms with Gasteiger partial charge in [-0.1, -0.05) is 53.8 Å². The first kappa shape index (κ1) is 28.6. The molecule has 2 heterocycles. The Balaban J connectivity index is 1.80. The van der Waals surface area contributed by atoms with Crippen molar-refractivity contribution in [1.82, 2.24) is 4.57 Å². The van der Waals surface area contributed by atoms with Crippen molar-refractivity contribution < 1.29 is 23.7 Å². The van der Waals surface area contributed by atoms with Gasteiger partial charge in [-0.25, -0.2) is 9.79 Å². The summed E-state index contributed by atoms with van der Waals surface area (Å²) in [5, 5.41) is 0. The summed E-state index contributed by atoms with van der Waals surface area (Å²) in [6.07, 6.45) is 1.80. The highest BCUT2D eigenvalue weighted by atomic mass is 127. The Bertz CT molecular complexity index is 1810. The van der Waals surface area contributed by atoms with Crippen LogP contribution in [-0.4, -0.2) is 38.5 Å². The van der Waals surface area contributed by atoms with Crippen LogP contribution in [0.4, 0.5) is 0 Å². The van der Waals surface area contributed by atoms with Crippen molar-refractivity contribution in [3.63, 3.8) is 0 Å². The standard InChI is InChI=1S/C31H27IN2O6S/c1-5-40-30(36)25-26(19-9-7-6-8-10-19)33-31-34(27(25)20-11-13-21(37-2)14-12-20)29(35)24(41-31)17-18-15-22(32)28(39-4)23(16-18)38-3/h6-17,27H,5H2,1-4H3/b24-17-/t27-/m1/s1. The Morgan fingerprint density at radius 1 is 1.02 bits per heavy atom. The minimum Gasteiger partial charge on any atom is -0.497 e. The van der Waals surface area contributed by atoms with Gasteiger partial charge < -0.3 is 18.9 Å². The van der Waals surface area contributed by atoms with E-state index in [1.165, 1.54) is 11.3 Å². The number of fused-ring (bicyclic) bond motifs is 1. The number of methoxy groups -OCH3 is 3. The first-order chi connectivity index (χ1) is 19.9. The van der Waals surface area contributed by atoms with E-state index in [-0.39, 0.29) is 12.2 Å². The quantitative estimate of drug-likeness (QED) is 0.200. The molecule has 0 radical (unpaired) electrons. The number of carbonyl (C=O) groups is 1. The van der Waals surface area contributed by atoms with Gasteiger partial charge in [-0.3, -0.25) is 9.36 Å². The second-order valence-electron chi connectivity index (χ2n) is 8.94. The molecule has 0 bridgehead atoms. The lowest BCUT2D eigenvalue weighted by Gasteiger charge is -2.26. The number of nitrogens with zero attached hydrogens (tertiary/aromatic N) is 2. The van der Waals surface area contributed by atoms with Gasteiger partial charge in [0.15, 0.2) is 16.3 Å². The first-order valence-electron chi connectivity index (χ1n) is 12.7. The van der Waals surface area contributed by atoms with Crippen LogP contribution in [0.3, 0.4) is 0 Å². The van der Waals surface area contributed by atoms with Crippen LogP contribution in [0.2, 0.25) is 0 Å². The highest BCUT2D eigenvalue weighted by Gasteiger charge is 2.35. The van der Waals surface area contributed by atoms with Gasteiger partial charge in [0.1, 0.15) is 5.75 Å². The molecule has 10 heteroatoms. The van der Waals surface area contributed by atoms with E-state index in [4.69, 9.17) is 23.9 Å². The van der Waals surface area contributed by atoms with Crippen molar-refractivity contribution in [2.75, 3.05) is 27.9 Å². The maximum atomic E-state index is 14.1. The minimum absolute atomic E-state index is 0.183. The zero-order chi connectivity index (χ0) is 29.1. The average Bonchev–Trinajstić information content (AvgIpc) is 3.30. The van der Waals surface area contributed by atoms with E-state index in [0.29, 0.717) is 37.9 Å². The maximum Gasteiger partial charge on any atom is 0.338 e. The largest absolute Gasteiger partial charge is 0.497 e. The fraction of sp³-hybridized carbons (Fsp3) is 0.194. The maximum absolute atomic E-state index is 14.1. The molecular weight excluding hydrogens is 655 g/mol. The molecule has 8 nitrogen and oxygen atoms in total. The van der Waals surface area contributed by atoms with Crippen LogP contribution in [0.15, 0.2) is 82.1 Å². The molecule has 0 amide bonds. The van der Waals surface area contributed by atoms with Crippen molar-refractivity contribution in [3.05, 3.63) is 112 Å². The topological polar surface area (TPSA) is 88.4 Å². The third-order valence-electron chi connectivity index (χ3n) is 6.56. The number of thiazole rings is 1. The highest BCUT2D eigenvalue weighted by Crippen LogP contribution is 2.36. The van der Waals surface area contributed by atoms with Gasteiger partial charge in [0.05, 0.1) is 53.4 Å². The fourth-order valence-electron chi connectivity index (χ4n) is 4.71. The number of hydrogen-bond acceptors (Lipinski definition) is 8. The van der Waals surface area contributed by atoms with Crippen molar-refractivity contribution >= 4 is 51.7 Å². The normalized spacial score (nSPS) is 14.8. The molecular formula is C31H27IN2O6S. The van der Waals surface area contributed by atoms with Gasteiger partial charge in [-0.15, -0.1) is 0 Å². The van der Waals surface area contributed by atoms with Gasteiger partial charge in [-0.2, -0.15) is 0 Å². The van der Waals surface area contributed by atoms with Gasteiger partial charge >= 0.3 is 5.97 Å². The summed E-state index contributed by atoms with van der Waals surface area (Å²) in [7, 11) is 4.75. The molecule has 3 aromatic carbocycles. The van der Waals surface area contributed by atoms with Crippen molar-refractivity contribution in [1.29, 1.82) is 0 Å². The van der Waals surface area contributed by atoms with Crippen molar-refractivity contribution in [3.8, 4) is 17.2 Å². The smallest absolute Gasteiger partial charge is 0.338 e. The Morgan fingerprint density at radius 3 is 2.39 bits per heavy atom. The molecule has 0 fully saturated rings. The zero-order valence-corrected chi connectivity index (χ0v) is 25.8. The van der Waals surface area contributed by atoms with E-state index in [9.17, 15) is 9.59 Å². The van der Waals surface area contributed by atoms with Crippen LogP contribution in [0.5, 0.6) is 17.2 Å². The van der Waals surface area contributed by atoms with Crippen LogP contribution in [0, 0.1) is 3.57 Å². The second-order valence-corrected chi connectivity index (χ2v) is 11.1. The van der Waals surface area contributed by atoms with E-state index in [2.05, 4.69) is 22.6 Å². The van der Waals surface area contributed by atoms with Crippen LogP contribution in [0.1, 0.15) is 29.7 Å². The molecule has 0 N–H and O–H groups in total. The van der Waals surface area contributed by atoms with Crippen LogP contribution >= 0.6 is 33.9 Å². The second kappa shape index (κ2) is 12.3. The van der Waals surface area contributed by atoms with E-state index in [0.717, 1.165) is 20.3 Å². The number of hydrogen-bond donors (Lipinski definition) is 0. The number of aromatic nitrogens is 1. The lowest BCUT2D eigenvalue weighted by Crippen LogP contribution is -2.40. The number of benzene rings is 3. The SMILES string of the molecule is CCOC(=O)C1=C(c2ccccc2)N=c2s/c(=C\c3cc(I)c(OC)c(OC)c3)c(=O)n2[C@@H]1c1ccc(OC)cc1. The summed E-state index contributed by atoms with van der Waals surface area (Å²) in [5.74, 6) is 1.32. The Hall–Kier alpha value is -3.90. The van der Waals surface area contributed by atoms with Gasteiger partial charge in [0.2, 0.25) is 0 Å². The predicted molar refractivity (Wildman–Crippen MR) is 166 cm³/mol. The Kier molecular flexibility index (Phi) is 8.60. The van der Waals surface area contributed by atoms with Crippen molar-refractivity contribution in [2.24, 2.45) is 4.99 Å². The zero-order valence-electron chi connectivity index (χ0n) is 22.8. The summed E-state index contributed by atoms with van der Waals surface area (Å²) < 4.78 is 24.7. The molecule has 41 heavy (non-hydrogen) atoms. The molecule has 5 rings (SSSR count). The van der Waals surface area contributed by atoms with Crippen LogP contribution in [-0.2, 0) is 9.53 Å². The predicted octanol–water partition coefficient (Wildman–Crippen LogP) is 4.57. The first-order valence-corrected chi connectivity index (χ1v) is 14.6. The lowest BCUT2D eigenvalue weighted by molar-refractivity contribution is -0.138. The third-order valence-corrected chi connectivity index (χ3v) is 8.34. The van der Waals surface area contributed by atoms with E-state index < -0.39 is 12.0 Å². The number of rotatable bonds is 8. The fourth-order valence-corrected chi connectivity index (χ4v) is 6.56. The summed E-state index contributed by atoms with van der Waals surface area (Å²) in [6.45, 7) is 1.94. The van der Waals surface area contributed by atoms with Crippen LogP contribution < -0.4 is 29.1 Å². The van der Waals surface area contributed by atoms with E-state index >= 15 is 0 Å². The summed E-state index contributed by atoms with van der Waals surface area (Å²) in [5.41, 5.74) is 2.74. The number of ether oxygens (including phenoxy) is 4. The molecule has 4 aromatic rings. The summed E-state index contributed by atoms with van der Waals surface area (Å²) >= 11 is 3.44. The molecule has 0 saturated heterocycles. The van der Waals surface area contributed by atoms with Gasteiger partial charge in [0, 0.05) is 5.56 Å². The van der Waals surface area contributed by atoms with Gasteiger partial charge in [-0.05, 0) is 71.0 Å². The van der Waals surface area contributed by atoms with E-state index in [1.54, 1.807) is 38.9 Å². The number of esters is 1. The van der Waals surface area contributed by atoms with E-state index in [1.807, 2.05) is 66.7 Å². The number of carbonyl (C=O) groups excluding carboxylic acids is 1. The molecule has 0 unspecified atom stereocenters. The summed E-state index contributed by atoms with van der Waals surface area (Å²) in [4.78, 5) is 33.0. The molecule has 1 aliphatic rings. The van der Waals surface area contributed by atoms with Crippen LogP contribution in [0.25, 0.3) is 11.8 Å². The molecule has 0 spiro atoms. The molecule has 210 valence electrons.